The monoisotopic (exact) mass is 712 g/mol. The smallest absolute Gasteiger partial charge is 0.411 e. The van der Waals surface area contributed by atoms with Crippen LogP contribution in [0.4, 0.5) is 15.3 Å². The summed E-state index contributed by atoms with van der Waals surface area (Å²) in [5.74, 6) is -1.80. The van der Waals surface area contributed by atoms with Gasteiger partial charge < -0.3 is 20.3 Å². The maximum atomic E-state index is 13.9. The molecule has 0 bridgehead atoms. The van der Waals surface area contributed by atoms with Gasteiger partial charge in [0.2, 0.25) is 15.9 Å². The fourth-order valence-corrected chi connectivity index (χ4v) is 8.63. The number of sulfonamides is 1. The molecule has 2 saturated carbocycles. The predicted octanol–water partition coefficient (Wildman–Crippen LogP) is 4.39. The lowest BCUT2D eigenvalue weighted by molar-refractivity contribution is -0.131. The summed E-state index contributed by atoms with van der Waals surface area (Å²) in [6.45, 7) is 5.90. The third-order valence-electron chi connectivity index (χ3n) is 9.94. The average Bonchev–Trinajstić information content (AvgIpc) is 3.83. The molecule has 4 N–H and O–H groups in total. The standard InChI is InChI=1S/C34H44N6O7S2/c1-4-23-20-48-29(36-23)25-12-11-21(2)16-26(25)37-32(44)47-24-17-27-28(41)38-34(30(42)39-49(45,46)33(3)13-14-33)18-22(34)10-8-6-5-7-9-15-35-31(43)40(27)19-24/h8,10-12,16,20,22,24,27H,4-7,9,13-15,17-19H2,1-3H3,(H,35,43)(H,37,44)(H,38,41)(H,39,42)/b10-8-/t22-,24+,27-,34+/m0/s1. The minimum atomic E-state index is -3.95. The molecular weight excluding hydrogens is 669 g/mol. The topological polar surface area (TPSA) is 176 Å². The summed E-state index contributed by atoms with van der Waals surface area (Å²) in [5.41, 5.74) is 1.68. The zero-order valence-corrected chi connectivity index (χ0v) is 29.7. The Bertz CT molecular complexity index is 1770. The molecule has 4 atom stereocenters. The summed E-state index contributed by atoms with van der Waals surface area (Å²) < 4.78 is 33.0. The van der Waals surface area contributed by atoms with Crippen molar-refractivity contribution in [3.63, 3.8) is 0 Å². The Labute approximate surface area is 290 Å². The van der Waals surface area contributed by atoms with Gasteiger partial charge in [-0.2, -0.15) is 0 Å². The number of ether oxygens (including phenoxy) is 1. The second-order valence-electron chi connectivity index (χ2n) is 13.8. The molecular formula is C34H44N6O7S2. The summed E-state index contributed by atoms with van der Waals surface area (Å²) >= 11 is 1.48. The van der Waals surface area contributed by atoms with E-state index in [1.165, 1.54) is 16.2 Å². The van der Waals surface area contributed by atoms with E-state index in [9.17, 15) is 27.6 Å². The number of benzene rings is 1. The van der Waals surface area contributed by atoms with Crippen LogP contribution < -0.4 is 20.7 Å². The minimum absolute atomic E-state index is 0.00569. The van der Waals surface area contributed by atoms with Gasteiger partial charge in [-0.15, -0.1) is 11.3 Å². The molecule has 1 aromatic heterocycles. The van der Waals surface area contributed by atoms with E-state index in [-0.39, 0.29) is 19.4 Å². The van der Waals surface area contributed by atoms with Gasteiger partial charge in [0.05, 0.1) is 22.7 Å². The quantitative estimate of drug-likeness (QED) is 0.306. The molecule has 15 heteroatoms. The van der Waals surface area contributed by atoms with E-state index in [4.69, 9.17) is 4.74 Å². The normalized spacial score (nSPS) is 27.2. The Kier molecular flexibility index (Phi) is 9.77. The Balaban J connectivity index is 1.19. The van der Waals surface area contributed by atoms with E-state index in [1.807, 2.05) is 49.6 Å². The van der Waals surface area contributed by atoms with Gasteiger partial charge in [-0.3, -0.25) is 19.6 Å². The Morgan fingerprint density at radius 1 is 1.18 bits per heavy atom. The third kappa shape index (κ3) is 7.47. The highest BCUT2D eigenvalue weighted by molar-refractivity contribution is 7.91. The van der Waals surface area contributed by atoms with Crippen molar-refractivity contribution in [1.82, 2.24) is 25.2 Å². The second kappa shape index (κ2) is 13.7. The number of carbonyl (C=O) groups is 4. The molecule has 1 aromatic carbocycles. The molecule has 2 aliphatic carbocycles. The number of carbonyl (C=O) groups excluding carboxylic acids is 4. The molecule has 13 nitrogen and oxygen atoms in total. The van der Waals surface area contributed by atoms with Crippen molar-refractivity contribution in [2.45, 2.75) is 101 Å². The molecule has 49 heavy (non-hydrogen) atoms. The van der Waals surface area contributed by atoms with Crippen molar-refractivity contribution >= 4 is 51.0 Å². The zero-order chi connectivity index (χ0) is 35.0. The second-order valence-corrected chi connectivity index (χ2v) is 16.8. The Morgan fingerprint density at radius 2 is 1.98 bits per heavy atom. The number of hydrogen-bond acceptors (Lipinski definition) is 9. The van der Waals surface area contributed by atoms with Crippen LogP contribution in [0.5, 0.6) is 0 Å². The van der Waals surface area contributed by atoms with Crippen molar-refractivity contribution in [2.24, 2.45) is 5.92 Å². The third-order valence-corrected chi connectivity index (χ3v) is 13.0. The molecule has 1 saturated heterocycles. The van der Waals surface area contributed by atoms with Crippen LogP contribution in [-0.4, -0.2) is 77.8 Å². The molecule has 0 radical (unpaired) electrons. The molecule has 0 spiro atoms. The first-order chi connectivity index (χ1) is 23.3. The molecule has 3 heterocycles. The minimum Gasteiger partial charge on any atom is -0.444 e. The van der Waals surface area contributed by atoms with E-state index in [0.717, 1.165) is 53.9 Å². The molecule has 2 aromatic rings. The lowest BCUT2D eigenvalue weighted by Gasteiger charge is -2.27. The van der Waals surface area contributed by atoms with E-state index in [2.05, 4.69) is 25.7 Å². The number of aryl methyl sites for hydroxylation is 2. The van der Waals surface area contributed by atoms with Gasteiger partial charge in [-0.25, -0.2) is 23.0 Å². The van der Waals surface area contributed by atoms with E-state index >= 15 is 0 Å². The maximum Gasteiger partial charge on any atom is 0.411 e. The van der Waals surface area contributed by atoms with Crippen LogP contribution in [0.2, 0.25) is 0 Å². The molecule has 2 aliphatic heterocycles. The zero-order valence-electron chi connectivity index (χ0n) is 28.0. The summed E-state index contributed by atoms with van der Waals surface area (Å²) in [6.07, 6.45) is 7.43. The number of fused-ring (bicyclic) bond motifs is 2. The van der Waals surface area contributed by atoms with Crippen molar-refractivity contribution in [3.8, 4) is 10.6 Å². The van der Waals surface area contributed by atoms with Gasteiger partial charge in [0.25, 0.3) is 5.91 Å². The number of thiazole rings is 1. The molecule has 4 aliphatic rings. The molecule has 0 unspecified atom stereocenters. The highest BCUT2D eigenvalue weighted by Crippen LogP contribution is 2.47. The van der Waals surface area contributed by atoms with Gasteiger partial charge >= 0.3 is 12.1 Å². The molecule has 6 rings (SSSR count). The van der Waals surface area contributed by atoms with Crippen LogP contribution in [0.3, 0.4) is 0 Å². The molecule has 264 valence electrons. The number of anilines is 1. The van der Waals surface area contributed by atoms with Crippen LogP contribution in [0.15, 0.2) is 35.7 Å². The first kappa shape index (κ1) is 34.9. The van der Waals surface area contributed by atoms with Gasteiger partial charge in [0.1, 0.15) is 22.7 Å². The van der Waals surface area contributed by atoms with Gasteiger partial charge in [-0.05, 0) is 76.5 Å². The highest BCUT2D eigenvalue weighted by Gasteiger charge is 2.63. The lowest BCUT2D eigenvalue weighted by atomic mass is 10.1. The van der Waals surface area contributed by atoms with Gasteiger partial charge in [0.15, 0.2) is 0 Å². The van der Waals surface area contributed by atoms with Crippen molar-refractivity contribution < 1.29 is 32.3 Å². The number of amides is 5. The largest absolute Gasteiger partial charge is 0.444 e. The van der Waals surface area contributed by atoms with Crippen molar-refractivity contribution in [1.29, 1.82) is 0 Å². The van der Waals surface area contributed by atoms with Crippen molar-refractivity contribution in [3.05, 3.63) is 47.0 Å². The number of hydrogen-bond donors (Lipinski definition) is 4. The maximum absolute atomic E-state index is 13.9. The summed E-state index contributed by atoms with van der Waals surface area (Å²) in [4.78, 5) is 60.2. The van der Waals surface area contributed by atoms with E-state index in [0.29, 0.717) is 25.1 Å². The van der Waals surface area contributed by atoms with Crippen LogP contribution >= 0.6 is 11.3 Å². The SMILES string of the molecule is CCc1csc(-c2ccc(C)cc2NC(=O)O[C@@H]2C[C@H]3C(=O)N[C@]4(C(=O)NS(=O)(=O)C5(C)CC5)C[C@@H]4/C=C\CCCCCNC(=O)N3C2)n1. The molecule has 5 amide bonds. The highest BCUT2D eigenvalue weighted by atomic mass is 32.2. The fraction of sp³-hybridized carbons (Fsp3) is 0.559. The van der Waals surface area contributed by atoms with Crippen LogP contribution in [0.25, 0.3) is 10.6 Å². The number of nitrogens with one attached hydrogen (secondary N) is 4. The van der Waals surface area contributed by atoms with Gasteiger partial charge in [-0.1, -0.05) is 31.6 Å². The van der Waals surface area contributed by atoms with Crippen LogP contribution in [0.1, 0.15) is 76.5 Å². The predicted molar refractivity (Wildman–Crippen MR) is 185 cm³/mol. The Hall–Kier alpha value is -3.98. The fourth-order valence-electron chi connectivity index (χ4n) is 6.38. The lowest BCUT2D eigenvalue weighted by Crippen LogP contribution is -2.57. The Morgan fingerprint density at radius 3 is 2.71 bits per heavy atom. The first-order valence-electron chi connectivity index (χ1n) is 17.0. The van der Waals surface area contributed by atoms with Gasteiger partial charge in [0, 0.05) is 29.8 Å². The number of aromatic nitrogens is 1. The summed E-state index contributed by atoms with van der Waals surface area (Å²) in [7, 11) is -3.95. The summed E-state index contributed by atoms with van der Waals surface area (Å²) in [6, 6.07) is 4.12. The molecule has 3 fully saturated rings. The van der Waals surface area contributed by atoms with Crippen molar-refractivity contribution in [2.75, 3.05) is 18.4 Å². The average molecular weight is 713 g/mol. The van der Waals surface area contributed by atoms with E-state index < -0.39 is 62.3 Å². The van der Waals surface area contributed by atoms with E-state index in [1.54, 1.807) is 6.92 Å². The number of allylic oxidation sites excluding steroid dienone is 1. The van der Waals surface area contributed by atoms with Crippen LogP contribution in [-0.2, 0) is 30.8 Å². The first-order valence-corrected chi connectivity index (χ1v) is 19.3. The summed E-state index contributed by atoms with van der Waals surface area (Å²) in [5, 5.41) is 11.3. The number of urea groups is 1. The number of nitrogens with zero attached hydrogens (tertiary/aromatic N) is 2. The van der Waals surface area contributed by atoms with Crippen LogP contribution in [0, 0.1) is 12.8 Å². The number of rotatable bonds is 7.